The predicted molar refractivity (Wildman–Crippen MR) is 64.3 cm³/mol. The highest BCUT2D eigenvalue weighted by atomic mass is 32.1. The molecule has 1 aromatic heterocycles. The Hall–Kier alpha value is -0.630. The van der Waals surface area contributed by atoms with E-state index in [1.165, 1.54) is 36.0 Å². The number of carbonyl (C=O) groups is 1. The molecule has 0 spiro atoms. The van der Waals surface area contributed by atoms with Crippen LogP contribution in [0.25, 0.3) is 0 Å². The summed E-state index contributed by atoms with van der Waals surface area (Å²) in [4.78, 5) is 12.6. The van der Waals surface area contributed by atoms with E-state index in [4.69, 9.17) is 0 Å². The maximum absolute atomic E-state index is 11.3. The lowest BCUT2D eigenvalue weighted by atomic mass is 9.72. The minimum absolute atomic E-state index is 0.0359. The number of aryl methyl sites for hydroxylation is 1. The molecule has 1 aromatic rings. The molecule has 1 heterocycles. The zero-order valence-electron chi connectivity index (χ0n) is 9.29. The van der Waals surface area contributed by atoms with Crippen LogP contribution in [0, 0.1) is 12.3 Å². The Morgan fingerprint density at radius 2 is 2.13 bits per heavy atom. The molecule has 0 amide bonds. The molecule has 1 aliphatic rings. The molecular weight excluding hydrogens is 204 g/mol. The first kappa shape index (κ1) is 10.9. The first-order valence-electron chi connectivity index (χ1n) is 5.74. The van der Waals surface area contributed by atoms with Crippen molar-refractivity contribution >= 4 is 17.6 Å². The molecule has 15 heavy (non-hydrogen) atoms. The fourth-order valence-electron chi connectivity index (χ4n) is 2.59. The van der Waals surface area contributed by atoms with Gasteiger partial charge < -0.3 is 4.79 Å². The van der Waals surface area contributed by atoms with Gasteiger partial charge >= 0.3 is 0 Å². The van der Waals surface area contributed by atoms with Crippen molar-refractivity contribution in [3.8, 4) is 0 Å². The van der Waals surface area contributed by atoms with Gasteiger partial charge in [-0.05, 0) is 43.2 Å². The number of rotatable bonds is 3. The smallest absolute Gasteiger partial charge is 0.126 e. The fourth-order valence-corrected chi connectivity index (χ4v) is 3.30. The quantitative estimate of drug-likeness (QED) is 0.712. The van der Waals surface area contributed by atoms with Crippen LogP contribution in [0.3, 0.4) is 0 Å². The second kappa shape index (κ2) is 4.48. The Kier molecular flexibility index (Phi) is 3.25. The van der Waals surface area contributed by atoms with Crippen LogP contribution in [-0.4, -0.2) is 6.29 Å². The minimum atomic E-state index is -0.0359. The highest BCUT2D eigenvalue weighted by molar-refractivity contribution is 7.10. The summed E-state index contributed by atoms with van der Waals surface area (Å²) in [5.74, 6) is 0. The van der Waals surface area contributed by atoms with E-state index >= 15 is 0 Å². The van der Waals surface area contributed by atoms with Gasteiger partial charge in [-0.2, -0.15) is 0 Å². The molecule has 82 valence electrons. The van der Waals surface area contributed by atoms with E-state index in [1.807, 2.05) is 0 Å². The third-order valence-electron chi connectivity index (χ3n) is 3.44. The van der Waals surface area contributed by atoms with Gasteiger partial charge in [-0.15, -0.1) is 11.3 Å². The van der Waals surface area contributed by atoms with Gasteiger partial charge in [0.2, 0.25) is 0 Å². The Bertz CT molecular complexity index is 334. The molecule has 0 N–H and O–H groups in total. The Balaban J connectivity index is 2.10. The Labute approximate surface area is 95.5 Å². The lowest BCUT2D eigenvalue weighted by Crippen LogP contribution is -2.28. The average molecular weight is 222 g/mol. The van der Waals surface area contributed by atoms with Crippen molar-refractivity contribution in [1.29, 1.82) is 0 Å². The van der Waals surface area contributed by atoms with Crippen LogP contribution in [0.1, 0.15) is 42.5 Å². The number of carbonyl (C=O) groups excluding carboxylic acids is 1. The molecule has 0 atom stereocenters. The summed E-state index contributed by atoms with van der Waals surface area (Å²) in [5, 5.41) is 2.20. The second-order valence-corrected chi connectivity index (χ2v) is 5.90. The molecule has 1 fully saturated rings. The first-order chi connectivity index (χ1) is 7.24. The lowest BCUT2D eigenvalue weighted by molar-refractivity contribution is -0.117. The summed E-state index contributed by atoms with van der Waals surface area (Å²) in [6.07, 6.45) is 8.11. The summed E-state index contributed by atoms with van der Waals surface area (Å²) in [5.41, 5.74) is 1.32. The number of aldehydes is 1. The SMILES string of the molecule is Cc1cc(CC2(C=O)CCCCC2)cs1. The summed E-state index contributed by atoms with van der Waals surface area (Å²) >= 11 is 1.79. The highest BCUT2D eigenvalue weighted by Gasteiger charge is 2.31. The number of hydrogen-bond donors (Lipinski definition) is 0. The zero-order chi connectivity index (χ0) is 10.7. The van der Waals surface area contributed by atoms with Crippen molar-refractivity contribution in [3.05, 3.63) is 21.9 Å². The molecule has 0 aromatic carbocycles. The summed E-state index contributed by atoms with van der Waals surface area (Å²) in [7, 11) is 0. The second-order valence-electron chi connectivity index (χ2n) is 4.78. The van der Waals surface area contributed by atoms with E-state index in [9.17, 15) is 4.79 Å². The van der Waals surface area contributed by atoms with Crippen molar-refractivity contribution in [3.63, 3.8) is 0 Å². The summed E-state index contributed by atoms with van der Waals surface area (Å²) in [6, 6.07) is 2.23. The van der Waals surface area contributed by atoms with Crippen LogP contribution < -0.4 is 0 Å². The molecule has 0 radical (unpaired) electrons. The highest BCUT2D eigenvalue weighted by Crippen LogP contribution is 2.38. The molecule has 2 heteroatoms. The van der Waals surface area contributed by atoms with Gasteiger partial charge in [0.1, 0.15) is 6.29 Å². The number of thiophene rings is 1. The van der Waals surface area contributed by atoms with Gasteiger partial charge in [-0.25, -0.2) is 0 Å². The molecule has 0 aliphatic heterocycles. The van der Waals surface area contributed by atoms with Crippen LogP contribution in [0.15, 0.2) is 11.4 Å². The van der Waals surface area contributed by atoms with Gasteiger partial charge in [-0.1, -0.05) is 19.3 Å². The fraction of sp³-hybridized carbons (Fsp3) is 0.615. The number of hydrogen-bond acceptors (Lipinski definition) is 2. The lowest BCUT2D eigenvalue weighted by Gasteiger charge is -2.31. The predicted octanol–water partition coefficient (Wildman–Crippen LogP) is 3.75. The maximum Gasteiger partial charge on any atom is 0.126 e. The first-order valence-corrected chi connectivity index (χ1v) is 6.62. The van der Waals surface area contributed by atoms with Crippen molar-refractivity contribution in [2.24, 2.45) is 5.41 Å². The Morgan fingerprint density at radius 3 is 2.67 bits per heavy atom. The van der Waals surface area contributed by atoms with Crippen molar-refractivity contribution in [2.45, 2.75) is 45.4 Å². The zero-order valence-corrected chi connectivity index (χ0v) is 10.1. The monoisotopic (exact) mass is 222 g/mol. The third kappa shape index (κ3) is 2.49. The third-order valence-corrected chi connectivity index (χ3v) is 4.35. The topological polar surface area (TPSA) is 17.1 Å². The molecule has 1 aliphatic carbocycles. The van der Waals surface area contributed by atoms with Gasteiger partial charge in [0.25, 0.3) is 0 Å². The van der Waals surface area contributed by atoms with Crippen molar-refractivity contribution < 1.29 is 4.79 Å². The summed E-state index contributed by atoms with van der Waals surface area (Å²) < 4.78 is 0. The standard InChI is InChI=1S/C13H18OS/c1-11-7-12(9-15-11)8-13(10-14)5-3-2-4-6-13/h7,9-10H,2-6,8H2,1H3. The van der Waals surface area contributed by atoms with E-state index in [-0.39, 0.29) is 5.41 Å². The van der Waals surface area contributed by atoms with Gasteiger partial charge in [0.15, 0.2) is 0 Å². The van der Waals surface area contributed by atoms with Crippen molar-refractivity contribution in [2.75, 3.05) is 0 Å². The van der Waals surface area contributed by atoms with Gasteiger partial charge in [0.05, 0.1) is 0 Å². The molecule has 1 nitrogen and oxygen atoms in total. The van der Waals surface area contributed by atoms with Crippen LogP contribution in [0.2, 0.25) is 0 Å². The van der Waals surface area contributed by atoms with E-state index in [0.717, 1.165) is 19.3 Å². The molecular formula is C13H18OS. The molecule has 0 bridgehead atoms. The van der Waals surface area contributed by atoms with E-state index in [0.29, 0.717) is 0 Å². The summed E-state index contributed by atoms with van der Waals surface area (Å²) in [6.45, 7) is 2.13. The van der Waals surface area contributed by atoms with Crippen LogP contribution >= 0.6 is 11.3 Å². The van der Waals surface area contributed by atoms with Crippen molar-refractivity contribution in [1.82, 2.24) is 0 Å². The molecule has 0 saturated heterocycles. The maximum atomic E-state index is 11.3. The largest absolute Gasteiger partial charge is 0.303 e. The van der Waals surface area contributed by atoms with Gasteiger partial charge in [0, 0.05) is 10.3 Å². The molecule has 1 saturated carbocycles. The van der Waals surface area contributed by atoms with E-state index < -0.39 is 0 Å². The van der Waals surface area contributed by atoms with Crippen LogP contribution in [0.5, 0.6) is 0 Å². The van der Waals surface area contributed by atoms with Gasteiger partial charge in [-0.3, -0.25) is 0 Å². The molecule has 0 unspecified atom stereocenters. The minimum Gasteiger partial charge on any atom is -0.303 e. The van der Waals surface area contributed by atoms with E-state index in [2.05, 4.69) is 18.4 Å². The molecule has 2 rings (SSSR count). The average Bonchev–Trinajstić information content (AvgIpc) is 2.65. The van der Waals surface area contributed by atoms with E-state index in [1.54, 1.807) is 11.3 Å². The Morgan fingerprint density at radius 1 is 1.40 bits per heavy atom. The van der Waals surface area contributed by atoms with Crippen LogP contribution in [0.4, 0.5) is 0 Å². The van der Waals surface area contributed by atoms with Crippen LogP contribution in [-0.2, 0) is 11.2 Å². The normalized spacial score (nSPS) is 20.1.